The first-order valence-electron chi connectivity index (χ1n) is 4.53. The number of hydrogen-bond acceptors (Lipinski definition) is 3. The number of methoxy groups -OCH3 is 1. The van der Waals surface area contributed by atoms with Crippen LogP contribution in [0.1, 0.15) is 0 Å². The molecule has 2 aromatic rings. The highest BCUT2D eigenvalue weighted by atomic mass is 16.5. The number of fused-ring (bicyclic) bond motifs is 1. The van der Waals surface area contributed by atoms with E-state index in [2.05, 4.69) is 0 Å². The molecular weight excluding hydrogens is 192 g/mol. The van der Waals surface area contributed by atoms with Gasteiger partial charge in [-0.15, -0.1) is 0 Å². The molecule has 0 aliphatic rings. The molecule has 0 bridgehead atoms. The Morgan fingerprint density at radius 2 is 1.80 bits per heavy atom. The van der Waals surface area contributed by atoms with E-state index in [4.69, 9.17) is 4.74 Å². The summed E-state index contributed by atoms with van der Waals surface area (Å²) in [6, 6.07) is 10.0. The lowest BCUT2D eigenvalue weighted by Crippen LogP contribution is -1.94. The highest BCUT2D eigenvalue weighted by molar-refractivity contribution is 5.92. The molecule has 3 nitrogen and oxygen atoms in total. The van der Waals surface area contributed by atoms with Crippen LogP contribution in [0.2, 0.25) is 0 Å². The first-order chi connectivity index (χ1) is 7.24. The van der Waals surface area contributed by atoms with Crippen LogP contribution in [0.25, 0.3) is 10.8 Å². The van der Waals surface area contributed by atoms with Crippen molar-refractivity contribution < 1.29 is 9.84 Å². The van der Waals surface area contributed by atoms with E-state index in [1.807, 2.05) is 12.1 Å². The third-order valence-electron chi connectivity index (χ3n) is 2.27. The van der Waals surface area contributed by atoms with E-state index in [0.717, 1.165) is 5.39 Å². The van der Waals surface area contributed by atoms with Crippen LogP contribution in [0, 0.1) is 0 Å². The molecule has 0 atom stereocenters. The van der Waals surface area contributed by atoms with Crippen LogP contribution >= 0.6 is 0 Å². The van der Waals surface area contributed by atoms with Crippen molar-refractivity contribution in [3.05, 3.63) is 46.6 Å². The van der Waals surface area contributed by atoms with Crippen LogP contribution in [0.5, 0.6) is 11.5 Å². The summed E-state index contributed by atoms with van der Waals surface area (Å²) in [4.78, 5) is 11.4. The lowest BCUT2D eigenvalue weighted by molar-refractivity contribution is 0.416. The number of aromatic hydroxyl groups is 1. The van der Waals surface area contributed by atoms with E-state index in [0.29, 0.717) is 11.1 Å². The maximum Gasteiger partial charge on any atom is 0.220 e. The third kappa shape index (κ3) is 1.52. The molecule has 0 fully saturated rings. The third-order valence-corrected chi connectivity index (χ3v) is 2.27. The van der Waals surface area contributed by atoms with Gasteiger partial charge in [0, 0.05) is 0 Å². The van der Waals surface area contributed by atoms with E-state index >= 15 is 0 Å². The van der Waals surface area contributed by atoms with Crippen molar-refractivity contribution in [1.82, 2.24) is 0 Å². The number of benzene rings is 1. The summed E-state index contributed by atoms with van der Waals surface area (Å²) in [6.45, 7) is 0. The molecule has 0 aliphatic carbocycles. The van der Waals surface area contributed by atoms with Gasteiger partial charge in [-0.1, -0.05) is 24.3 Å². The average molecular weight is 202 g/mol. The highest BCUT2D eigenvalue weighted by Crippen LogP contribution is 2.29. The Morgan fingerprint density at radius 3 is 2.47 bits per heavy atom. The maximum atomic E-state index is 11.4. The molecule has 0 heterocycles. The molecule has 2 rings (SSSR count). The van der Waals surface area contributed by atoms with E-state index in [1.54, 1.807) is 18.2 Å². The Bertz CT molecular complexity index is 561. The van der Waals surface area contributed by atoms with Crippen molar-refractivity contribution >= 4 is 10.8 Å². The van der Waals surface area contributed by atoms with E-state index < -0.39 is 5.43 Å². The fourth-order valence-corrected chi connectivity index (χ4v) is 1.55. The Labute approximate surface area is 86.6 Å². The van der Waals surface area contributed by atoms with Crippen molar-refractivity contribution in [2.45, 2.75) is 0 Å². The van der Waals surface area contributed by atoms with Crippen LogP contribution in [0.3, 0.4) is 0 Å². The monoisotopic (exact) mass is 202 g/mol. The van der Waals surface area contributed by atoms with Gasteiger partial charge in [0.15, 0.2) is 5.75 Å². The molecule has 0 unspecified atom stereocenters. The van der Waals surface area contributed by atoms with E-state index in [9.17, 15) is 9.90 Å². The van der Waals surface area contributed by atoms with Crippen molar-refractivity contribution in [3.8, 4) is 11.5 Å². The van der Waals surface area contributed by atoms with E-state index in [1.165, 1.54) is 13.2 Å². The smallest absolute Gasteiger partial charge is 0.220 e. The summed E-state index contributed by atoms with van der Waals surface area (Å²) >= 11 is 0. The Balaban J connectivity index is 3.04. The molecule has 3 heteroatoms. The van der Waals surface area contributed by atoms with Gasteiger partial charge < -0.3 is 9.84 Å². The van der Waals surface area contributed by atoms with Gasteiger partial charge in [0.25, 0.3) is 0 Å². The van der Waals surface area contributed by atoms with Crippen molar-refractivity contribution in [2.24, 2.45) is 0 Å². The lowest BCUT2D eigenvalue weighted by Gasteiger charge is -2.03. The Hall–Kier alpha value is -2.03. The largest absolute Gasteiger partial charge is 0.504 e. The fourth-order valence-electron chi connectivity index (χ4n) is 1.55. The van der Waals surface area contributed by atoms with Crippen LogP contribution in [0.15, 0.2) is 41.2 Å². The van der Waals surface area contributed by atoms with Crippen molar-refractivity contribution in [2.75, 3.05) is 7.11 Å². The average Bonchev–Trinajstić information content (AvgIpc) is 2.40. The number of ether oxygens (including phenoxy) is 1. The summed E-state index contributed by atoms with van der Waals surface area (Å²) in [6.07, 6.45) is 0. The second-order valence-electron chi connectivity index (χ2n) is 3.16. The topological polar surface area (TPSA) is 46.5 Å². The Morgan fingerprint density at radius 1 is 1.13 bits per heavy atom. The van der Waals surface area contributed by atoms with Gasteiger partial charge >= 0.3 is 0 Å². The first-order valence-corrected chi connectivity index (χ1v) is 4.53. The SMILES string of the molecule is COc1cccc2cccc(=O)c(O)c12. The molecule has 0 saturated carbocycles. The zero-order valence-corrected chi connectivity index (χ0v) is 8.23. The van der Waals surface area contributed by atoms with Gasteiger partial charge in [0.05, 0.1) is 12.5 Å². The second kappa shape index (κ2) is 3.61. The minimum Gasteiger partial charge on any atom is -0.504 e. The summed E-state index contributed by atoms with van der Waals surface area (Å²) in [5.41, 5.74) is -0.408. The fraction of sp³-hybridized carbons (Fsp3) is 0.0833. The summed E-state index contributed by atoms with van der Waals surface area (Å²) in [7, 11) is 1.51. The van der Waals surface area contributed by atoms with Crippen LogP contribution in [0.4, 0.5) is 0 Å². The van der Waals surface area contributed by atoms with Gasteiger partial charge in [-0.2, -0.15) is 0 Å². The summed E-state index contributed by atoms with van der Waals surface area (Å²) < 4.78 is 5.11. The standard InChI is InChI=1S/C12H10O3/c1-15-10-7-3-5-8-4-2-6-9(13)12(14)11(8)10/h2-7H,1H3,(H,13,14). The minimum atomic E-state index is -0.408. The molecular formula is C12H10O3. The molecule has 0 radical (unpaired) electrons. The molecule has 0 spiro atoms. The molecule has 0 aliphatic heterocycles. The normalized spacial score (nSPS) is 10.2. The Kier molecular flexibility index (Phi) is 2.29. The second-order valence-corrected chi connectivity index (χ2v) is 3.16. The number of hydrogen-bond donors (Lipinski definition) is 1. The van der Waals surface area contributed by atoms with Gasteiger partial charge in [-0.3, -0.25) is 4.79 Å². The molecule has 0 aromatic heterocycles. The molecule has 1 N–H and O–H groups in total. The predicted molar refractivity (Wildman–Crippen MR) is 58.4 cm³/mol. The predicted octanol–water partition coefficient (Wildman–Crippen LogP) is 1.91. The molecule has 15 heavy (non-hydrogen) atoms. The highest BCUT2D eigenvalue weighted by Gasteiger charge is 2.06. The number of rotatable bonds is 1. The van der Waals surface area contributed by atoms with Crippen LogP contribution in [-0.2, 0) is 0 Å². The summed E-state index contributed by atoms with van der Waals surface area (Å²) in [5, 5.41) is 11.0. The quantitative estimate of drug-likeness (QED) is 0.768. The van der Waals surface area contributed by atoms with Gasteiger partial charge in [-0.25, -0.2) is 0 Å². The van der Waals surface area contributed by atoms with Gasteiger partial charge in [-0.05, 0) is 17.5 Å². The summed E-state index contributed by atoms with van der Waals surface area (Å²) in [5.74, 6) is 0.228. The van der Waals surface area contributed by atoms with Gasteiger partial charge in [0.2, 0.25) is 5.43 Å². The molecule has 2 aromatic carbocycles. The van der Waals surface area contributed by atoms with Crippen molar-refractivity contribution in [1.29, 1.82) is 0 Å². The van der Waals surface area contributed by atoms with E-state index in [-0.39, 0.29) is 5.75 Å². The molecule has 0 amide bonds. The van der Waals surface area contributed by atoms with Crippen LogP contribution in [-0.4, -0.2) is 12.2 Å². The maximum absolute atomic E-state index is 11.4. The molecule has 0 saturated heterocycles. The minimum absolute atomic E-state index is 0.271. The molecule has 76 valence electrons. The lowest BCUT2D eigenvalue weighted by atomic mass is 10.1. The van der Waals surface area contributed by atoms with Crippen molar-refractivity contribution in [3.63, 3.8) is 0 Å². The van der Waals surface area contributed by atoms with Crippen LogP contribution < -0.4 is 10.2 Å². The zero-order valence-electron chi connectivity index (χ0n) is 8.23. The zero-order chi connectivity index (χ0) is 10.8. The van der Waals surface area contributed by atoms with Gasteiger partial charge in [0.1, 0.15) is 5.75 Å². The first kappa shape index (κ1) is 9.52.